The van der Waals surface area contributed by atoms with E-state index >= 15 is 0 Å². The van der Waals surface area contributed by atoms with E-state index in [0.29, 0.717) is 19.8 Å². The summed E-state index contributed by atoms with van der Waals surface area (Å²) in [6.07, 6.45) is 3.42. The van der Waals surface area contributed by atoms with Crippen LogP contribution in [0.3, 0.4) is 0 Å². The van der Waals surface area contributed by atoms with Gasteiger partial charge in [0.2, 0.25) is 0 Å². The monoisotopic (exact) mass is 174 g/mol. The second-order valence-corrected chi connectivity index (χ2v) is 3.35. The Morgan fingerprint density at radius 3 is 2.67 bits per heavy atom. The van der Waals surface area contributed by atoms with Crippen LogP contribution in [0.5, 0.6) is 0 Å². The number of hydrogen-bond acceptors (Lipinski definition) is 3. The Morgan fingerprint density at radius 1 is 1.50 bits per heavy atom. The van der Waals surface area contributed by atoms with Gasteiger partial charge in [0.15, 0.2) is 0 Å². The van der Waals surface area contributed by atoms with E-state index in [-0.39, 0.29) is 12.2 Å². The van der Waals surface area contributed by atoms with Crippen LogP contribution in [0, 0.1) is 0 Å². The molecule has 0 aromatic heterocycles. The summed E-state index contributed by atoms with van der Waals surface area (Å²) in [6.45, 7) is 4.11. The number of unbranched alkanes of at least 4 members (excludes halogenated alkanes) is 1. The lowest BCUT2D eigenvalue weighted by atomic mass is 9.95. The van der Waals surface area contributed by atoms with E-state index in [0.717, 1.165) is 6.42 Å². The third-order valence-corrected chi connectivity index (χ3v) is 2.22. The molecule has 1 aliphatic rings. The Hall–Kier alpha value is -0.120. The predicted molar refractivity (Wildman–Crippen MR) is 46.1 cm³/mol. The number of hydrogen-bond donors (Lipinski definition) is 1. The highest BCUT2D eigenvalue weighted by Crippen LogP contribution is 2.27. The third kappa shape index (κ3) is 2.44. The first-order valence-corrected chi connectivity index (χ1v) is 4.65. The summed E-state index contributed by atoms with van der Waals surface area (Å²) in [5, 5.41) is 8.61. The maximum absolute atomic E-state index is 8.61. The zero-order chi connectivity index (χ0) is 8.86. The molecule has 3 nitrogen and oxygen atoms in total. The Morgan fingerprint density at radius 2 is 2.25 bits per heavy atom. The van der Waals surface area contributed by atoms with Crippen LogP contribution in [0.15, 0.2) is 0 Å². The average Bonchev–Trinajstić information content (AvgIpc) is 2.02. The normalized spacial score (nSPS) is 20.5. The van der Waals surface area contributed by atoms with Crippen LogP contribution in [-0.2, 0) is 9.47 Å². The molecule has 0 spiro atoms. The molecule has 3 heteroatoms. The van der Waals surface area contributed by atoms with E-state index in [2.05, 4.69) is 6.92 Å². The second-order valence-electron chi connectivity index (χ2n) is 3.35. The molecule has 0 unspecified atom stereocenters. The van der Waals surface area contributed by atoms with Crippen molar-refractivity contribution in [3.63, 3.8) is 0 Å². The number of rotatable bonds is 6. The minimum atomic E-state index is -0.0568. The van der Waals surface area contributed by atoms with Gasteiger partial charge >= 0.3 is 0 Å². The Balaban J connectivity index is 2.19. The molecule has 0 bridgehead atoms. The van der Waals surface area contributed by atoms with Gasteiger partial charge in [0.1, 0.15) is 5.60 Å². The van der Waals surface area contributed by atoms with Gasteiger partial charge in [-0.2, -0.15) is 0 Å². The van der Waals surface area contributed by atoms with E-state index < -0.39 is 0 Å². The van der Waals surface area contributed by atoms with Gasteiger partial charge in [0.05, 0.1) is 26.4 Å². The number of aliphatic hydroxyl groups is 1. The standard InChI is InChI=1S/C9H18O3/c1-2-3-4-9(7-11-8-9)12-6-5-10/h10H,2-8H2,1H3. The Bertz CT molecular complexity index is 111. The molecule has 0 aromatic rings. The molecule has 72 valence electrons. The molecule has 1 aliphatic heterocycles. The molecular weight excluding hydrogens is 156 g/mol. The predicted octanol–water partition coefficient (Wildman–Crippen LogP) is 0.954. The van der Waals surface area contributed by atoms with Crippen molar-refractivity contribution in [1.82, 2.24) is 0 Å². The maximum Gasteiger partial charge on any atom is 0.115 e. The first kappa shape index (κ1) is 9.96. The maximum atomic E-state index is 8.61. The summed E-state index contributed by atoms with van der Waals surface area (Å²) in [4.78, 5) is 0. The Kier molecular flexibility index (Phi) is 3.98. The largest absolute Gasteiger partial charge is 0.394 e. The average molecular weight is 174 g/mol. The molecule has 12 heavy (non-hydrogen) atoms. The van der Waals surface area contributed by atoms with Crippen molar-refractivity contribution in [2.75, 3.05) is 26.4 Å². The molecule has 1 heterocycles. The molecule has 0 atom stereocenters. The van der Waals surface area contributed by atoms with E-state index in [1.165, 1.54) is 12.8 Å². The lowest BCUT2D eigenvalue weighted by molar-refractivity contribution is -0.216. The fourth-order valence-electron chi connectivity index (χ4n) is 1.39. The smallest absolute Gasteiger partial charge is 0.115 e. The van der Waals surface area contributed by atoms with Gasteiger partial charge in [-0.25, -0.2) is 0 Å². The third-order valence-electron chi connectivity index (χ3n) is 2.22. The highest BCUT2D eigenvalue weighted by Gasteiger charge is 2.38. The zero-order valence-electron chi connectivity index (χ0n) is 7.71. The van der Waals surface area contributed by atoms with Gasteiger partial charge in [0.25, 0.3) is 0 Å². The van der Waals surface area contributed by atoms with Crippen LogP contribution in [0.4, 0.5) is 0 Å². The first-order chi connectivity index (χ1) is 5.83. The highest BCUT2D eigenvalue weighted by atomic mass is 16.6. The molecule has 1 saturated heterocycles. The molecule has 0 amide bonds. The van der Waals surface area contributed by atoms with E-state index in [9.17, 15) is 0 Å². The van der Waals surface area contributed by atoms with Gasteiger partial charge < -0.3 is 14.6 Å². The van der Waals surface area contributed by atoms with E-state index in [1.54, 1.807) is 0 Å². The van der Waals surface area contributed by atoms with Crippen molar-refractivity contribution < 1.29 is 14.6 Å². The van der Waals surface area contributed by atoms with Gasteiger partial charge in [-0.15, -0.1) is 0 Å². The van der Waals surface area contributed by atoms with E-state index in [1.807, 2.05) is 0 Å². The molecule has 1 N–H and O–H groups in total. The highest BCUT2D eigenvalue weighted by molar-refractivity contribution is 4.87. The van der Waals surface area contributed by atoms with Crippen LogP contribution < -0.4 is 0 Å². The molecule has 0 saturated carbocycles. The van der Waals surface area contributed by atoms with Crippen molar-refractivity contribution in [2.24, 2.45) is 0 Å². The lowest BCUT2D eigenvalue weighted by Crippen LogP contribution is -2.52. The molecule has 0 aromatic carbocycles. The topological polar surface area (TPSA) is 38.7 Å². The SMILES string of the molecule is CCCCC1(OCCO)COC1. The quantitative estimate of drug-likeness (QED) is 0.651. The van der Waals surface area contributed by atoms with Crippen LogP contribution >= 0.6 is 0 Å². The molecule has 0 aliphatic carbocycles. The number of aliphatic hydroxyl groups excluding tert-OH is 1. The van der Waals surface area contributed by atoms with Crippen LogP contribution in [0.1, 0.15) is 26.2 Å². The number of ether oxygens (including phenoxy) is 2. The van der Waals surface area contributed by atoms with Crippen LogP contribution in [0.2, 0.25) is 0 Å². The minimum absolute atomic E-state index is 0.0568. The van der Waals surface area contributed by atoms with Gasteiger partial charge in [0, 0.05) is 0 Å². The summed E-state index contributed by atoms with van der Waals surface area (Å²) >= 11 is 0. The van der Waals surface area contributed by atoms with E-state index in [4.69, 9.17) is 14.6 Å². The summed E-state index contributed by atoms with van der Waals surface area (Å²) in [5.41, 5.74) is -0.0568. The lowest BCUT2D eigenvalue weighted by Gasteiger charge is -2.41. The molecular formula is C9H18O3. The van der Waals surface area contributed by atoms with Gasteiger partial charge in [-0.1, -0.05) is 19.8 Å². The van der Waals surface area contributed by atoms with Crippen molar-refractivity contribution in [1.29, 1.82) is 0 Å². The summed E-state index contributed by atoms with van der Waals surface area (Å²) < 4.78 is 10.7. The second kappa shape index (κ2) is 4.80. The van der Waals surface area contributed by atoms with Crippen molar-refractivity contribution >= 4 is 0 Å². The fourth-order valence-corrected chi connectivity index (χ4v) is 1.39. The molecule has 0 radical (unpaired) electrons. The van der Waals surface area contributed by atoms with Gasteiger partial charge in [-0.3, -0.25) is 0 Å². The van der Waals surface area contributed by atoms with Crippen molar-refractivity contribution in [2.45, 2.75) is 31.8 Å². The van der Waals surface area contributed by atoms with Crippen LogP contribution in [0.25, 0.3) is 0 Å². The molecule has 1 fully saturated rings. The van der Waals surface area contributed by atoms with Gasteiger partial charge in [-0.05, 0) is 6.42 Å². The molecule has 1 rings (SSSR count). The Labute approximate surface area is 73.7 Å². The fraction of sp³-hybridized carbons (Fsp3) is 1.00. The van der Waals surface area contributed by atoms with Crippen molar-refractivity contribution in [3.8, 4) is 0 Å². The first-order valence-electron chi connectivity index (χ1n) is 4.65. The summed E-state index contributed by atoms with van der Waals surface area (Å²) in [5.74, 6) is 0. The zero-order valence-corrected chi connectivity index (χ0v) is 7.71. The summed E-state index contributed by atoms with van der Waals surface area (Å²) in [7, 11) is 0. The van der Waals surface area contributed by atoms with Crippen LogP contribution in [-0.4, -0.2) is 37.1 Å². The van der Waals surface area contributed by atoms with Crippen molar-refractivity contribution in [3.05, 3.63) is 0 Å². The summed E-state index contributed by atoms with van der Waals surface area (Å²) in [6, 6.07) is 0. The minimum Gasteiger partial charge on any atom is -0.394 e.